The van der Waals surface area contributed by atoms with Gasteiger partial charge < -0.3 is 20.3 Å². The molecule has 0 spiro atoms. The van der Waals surface area contributed by atoms with Gasteiger partial charge in [-0.25, -0.2) is 4.98 Å². The first-order valence-electron chi connectivity index (χ1n) is 10.9. The number of piperazine rings is 1. The summed E-state index contributed by atoms with van der Waals surface area (Å²) in [4.78, 5) is 12.2. The van der Waals surface area contributed by atoms with Crippen LogP contribution in [0.5, 0.6) is 0 Å². The molecule has 2 aromatic heterocycles. The number of hydrogen-bond acceptors (Lipinski definition) is 7. The van der Waals surface area contributed by atoms with Crippen LogP contribution >= 0.6 is 11.6 Å². The Hall–Kier alpha value is -2.42. The highest BCUT2D eigenvalue weighted by Crippen LogP contribution is 2.30. The van der Waals surface area contributed by atoms with Crippen molar-refractivity contribution in [1.29, 1.82) is 0 Å². The number of nitrogens with zero attached hydrogens (tertiary/aromatic N) is 5. The third-order valence-corrected chi connectivity index (χ3v) is 5.61. The zero-order chi connectivity index (χ0) is 21.8. The summed E-state index contributed by atoms with van der Waals surface area (Å²) >= 11 is 6.22. The molecule has 1 aromatic carbocycles. The van der Waals surface area contributed by atoms with Crippen LogP contribution in [0.15, 0.2) is 24.3 Å². The molecule has 1 saturated heterocycles. The lowest BCUT2D eigenvalue weighted by Crippen LogP contribution is -2.49. The molecule has 2 N–H and O–H groups in total. The van der Waals surface area contributed by atoms with E-state index in [4.69, 9.17) is 31.4 Å². The van der Waals surface area contributed by atoms with Crippen LogP contribution < -0.4 is 15.5 Å². The van der Waals surface area contributed by atoms with E-state index in [1.165, 1.54) is 0 Å². The summed E-state index contributed by atoms with van der Waals surface area (Å²) in [6.07, 6.45) is 0.795. The molecule has 0 saturated carbocycles. The quantitative estimate of drug-likeness (QED) is 0.514. The van der Waals surface area contributed by atoms with Crippen molar-refractivity contribution in [3.8, 4) is 0 Å². The highest BCUT2D eigenvalue weighted by molar-refractivity contribution is 6.30. The minimum absolute atomic E-state index is 0.386. The predicted molar refractivity (Wildman–Crippen MR) is 126 cm³/mol. The topological polar surface area (TPSA) is 80.1 Å². The molecular formula is C22H30ClN7O. The molecule has 3 heterocycles. The van der Waals surface area contributed by atoms with Crippen LogP contribution in [0.25, 0.3) is 11.0 Å². The summed E-state index contributed by atoms with van der Waals surface area (Å²) in [5, 5.41) is 12.5. The van der Waals surface area contributed by atoms with Gasteiger partial charge in [-0.15, -0.1) is 0 Å². The van der Waals surface area contributed by atoms with E-state index in [-0.39, 0.29) is 0 Å². The van der Waals surface area contributed by atoms with Gasteiger partial charge in [0.1, 0.15) is 11.0 Å². The third-order valence-electron chi connectivity index (χ3n) is 5.37. The van der Waals surface area contributed by atoms with E-state index in [1.54, 1.807) is 0 Å². The van der Waals surface area contributed by atoms with E-state index >= 15 is 0 Å². The van der Waals surface area contributed by atoms with Gasteiger partial charge in [-0.3, -0.25) is 4.68 Å². The average Bonchev–Trinajstić information content (AvgIpc) is 3.12. The predicted octanol–water partition coefficient (Wildman–Crippen LogP) is 3.62. The first kappa shape index (κ1) is 21.8. The number of rotatable bonds is 8. The van der Waals surface area contributed by atoms with Crippen molar-refractivity contribution >= 4 is 40.1 Å². The smallest absolute Gasteiger partial charge is 0.228 e. The second-order valence-corrected chi connectivity index (χ2v) is 8.16. The van der Waals surface area contributed by atoms with Crippen LogP contribution in [0.3, 0.4) is 0 Å². The van der Waals surface area contributed by atoms with E-state index in [0.29, 0.717) is 30.8 Å². The molecule has 0 unspecified atom stereocenters. The number of nitrogens with one attached hydrogen (secondary N) is 2. The van der Waals surface area contributed by atoms with Gasteiger partial charge in [-0.1, -0.05) is 24.6 Å². The summed E-state index contributed by atoms with van der Waals surface area (Å²) < 4.78 is 7.54. The number of benzene rings is 1. The largest absolute Gasteiger partial charge is 0.380 e. The van der Waals surface area contributed by atoms with Crippen molar-refractivity contribution in [2.75, 3.05) is 43.1 Å². The Balaban J connectivity index is 1.81. The maximum atomic E-state index is 6.22. The lowest BCUT2D eigenvalue weighted by molar-refractivity contribution is 0.137. The van der Waals surface area contributed by atoms with Crippen LogP contribution in [0.1, 0.15) is 26.5 Å². The number of halogens is 1. The van der Waals surface area contributed by atoms with Crippen molar-refractivity contribution in [3.05, 3.63) is 35.0 Å². The number of fused-ring (bicyclic) bond motifs is 1. The molecule has 1 aliphatic heterocycles. The van der Waals surface area contributed by atoms with Gasteiger partial charge in [0.05, 0.1) is 18.8 Å². The maximum Gasteiger partial charge on any atom is 0.228 e. The Bertz CT molecular complexity index is 1040. The third kappa shape index (κ3) is 4.92. The number of aryl methyl sites for hydroxylation is 1. The van der Waals surface area contributed by atoms with Gasteiger partial charge >= 0.3 is 0 Å². The van der Waals surface area contributed by atoms with Crippen LogP contribution in [-0.2, 0) is 17.7 Å². The summed E-state index contributed by atoms with van der Waals surface area (Å²) in [6.45, 7) is 10.8. The summed E-state index contributed by atoms with van der Waals surface area (Å²) in [6, 6.07) is 8.04. The van der Waals surface area contributed by atoms with E-state index in [0.717, 1.165) is 60.2 Å². The molecule has 0 aliphatic carbocycles. The molecule has 31 heavy (non-hydrogen) atoms. The molecule has 1 fully saturated rings. The van der Waals surface area contributed by atoms with Gasteiger partial charge in [0.25, 0.3) is 0 Å². The fourth-order valence-corrected chi connectivity index (χ4v) is 4.06. The monoisotopic (exact) mass is 443 g/mol. The van der Waals surface area contributed by atoms with E-state index < -0.39 is 0 Å². The number of hydrogen-bond donors (Lipinski definition) is 2. The van der Waals surface area contributed by atoms with E-state index in [1.807, 2.05) is 35.9 Å². The number of aromatic nitrogens is 4. The minimum Gasteiger partial charge on any atom is -0.380 e. The van der Waals surface area contributed by atoms with Crippen LogP contribution in [0.2, 0.25) is 5.02 Å². The maximum absolute atomic E-state index is 6.22. The molecule has 3 aromatic rings. The van der Waals surface area contributed by atoms with Gasteiger partial charge in [-0.05, 0) is 38.5 Å². The van der Waals surface area contributed by atoms with E-state index in [9.17, 15) is 0 Å². The minimum atomic E-state index is 0.386. The highest BCUT2D eigenvalue weighted by atomic mass is 35.5. The summed E-state index contributed by atoms with van der Waals surface area (Å²) in [5.41, 5.74) is 3.62. The summed E-state index contributed by atoms with van der Waals surface area (Å²) in [7, 11) is 0. The average molecular weight is 444 g/mol. The zero-order valence-electron chi connectivity index (χ0n) is 18.4. The molecule has 0 radical (unpaired) electrons. The molecule has 0 amide bonds. The molecule has 9 heteroatoms. The zero-order valence-corrected chi connectivity index (χ0v) is 19.1. The Kier molecular flexibility index (Phi) is 6.89. The van der Waals surface area contributed by atoms with Crippen molar-refractivity contribution in [1.82, 2.24) is 25.1 Å². The molecule has 166 valence electrons. The first-order chi connectivity index (χ1) is 15.1. The second-order valence-electron chi connectivity index (χ2n) is 7.73. The Morgan fingerprint density at radius 1 is 1.29 bits per heavy atom. The molecule has 1 aliphatic rings. The van der Waals surface area contributed by atoms with Gasteiger partial charge in [0, 0.05) is 43.0 Å². The van der Waals surface area contributed by atoms with Crippen LogP contribution in [-0.4, -0.2) is 58.6 Å². The second kappa shape index (κ2) is 9.80. The van der Waals surface area contributed by atoms with Crippen molar-refractivity contribution < 1.29 is 4.74 Å². The Morgan fingerprint density at radius 3 is 2.90 bits per heavy atom. The van der Waals surface area contributed by atoms with Gasteiger partial charge in [0.15, 0.2) is 5.82 Å². The SMILES string of the molecule is CCOCCn1nc(CC)c2nc(N3CCN[C@H](C)C3)nc(Nc3cccc(Cl)c3)c21. The highest BCUT2D eigenvalue weighted by Gasteiger charge is 2.23. The summed E-state index contributed by atoms with van der Waals surface area (Å²) in [5.74, 6) is 1.46. The number of anilines is 3. The molecular weight excluding hydrogens is 414 g/mol. The molecule has 0 bridgehead atoms. The Labute approximate surface area is 188 Å². The first-order valence-corrected chi connectivity index (χ1v) is 11.3. The Morgan fingerprint density at radius 2 is 2.16 bits per heavy atom. The van der Waals surface area contributed by atoms with Crippen molar-refractivity contribution in [2.24, 2.45) is 0 Å². The molecule has 8 nitrogen and oxygen atoms in total. The normalized spacial score (nSPS) is 16.8. The standard InChI is InChI=1S/C22H30ClN7O/c1-4-18-19-20(30(28-18)11-12-31-5-2)21(25-17-8-6-7-16(23)13-17)27-22(26-19)29-10-9-24-15(3)14-29/h6-8,13,15,24H,4-5,9-12,14H2,1-3H3,(H,25,26,27)/t15-/m1/s1. The molecule has 1 atom stereocenters. The fourth-order valence-electron chi connectivity index (χ4n) is 3.87. The number of ether oxygens (including phenoxy) is 1. The van der Waals surface area contributed by atoms with Crippen molar-refractivity contribution in [2.45, 2.75) is 39.8 Å². The van der Waals surface area contributed by atoms with E-state index in [2.05, 4.69) is 29.4 Å². The van der Waals surface area contributed by atoms with Gasteiger partial charge in [0.2, 0.25) is 5.95 Å². The molecule has 4 rings (SSSR count). The van der Waals surface area contributed by atoms with Crippen LogP contribution in [0, 0.1) is 0 Å². The van der Waals surface area contributed by atoms with Crippen LogP contribution in [0.4, 0.5) is 17.5 Å². The van der Waals surface area contributed by atoms with Crippen molar-refractivity contribution in [3.63, 3.8) is 0 Å². The lowest BCUT2D eigenvalue weighted by Gasteiger charge is -2.32. The lowest BCUT2D eigenvalue weighted by atomic mass is 10.2. The fraction of sp³-hybridized carbons (Fsp3) is 0.500. The van der Waals surface area contributed by atoms with Gasteiger partial charge in [-0.2, -0.15) is 10.1 Å².